The third-order valence-corrected chi connectivity index (χ3v) is 3.48. The Balaban J connectivity index is 1.79. The average Bonchev–Trinajstić information content (AvgIpc) is 2.81. The molecular formula is C14H18N2S. The van der Waals surface area contributed by atoms with E-state index in [1.54, 1.807) is 11.3 Å². The van der Waals surface area contributed by atoms with Crippen molar-refractivity contribution in [1.82, 2.24) is 10.3 Å². The molecule has 2 aromatic rings. The SMILES string of the molecule is Cc1ccc(CNC(C)Cc2ccsc2)cn1. The van der Waals surface area contributed by atoms with Gasteiger partial charge in [0.25, 0.3) is 0 Å². The van der Waals surface area contributed by atoms with Gasteiger partial charge in [-0.15, -0.1) is 0 Å². The molecule has 0 aromatic carbocycles. The Morgan fingerprint density at radius 2 is 2.18 bits per heavy atom. The summed E-state index contributed by atoms with van der Waals surface area (Å²) >= 11 is 1.76. The summed E-state index contributed by atoms with van der Waals surface area (Å²) in [5, 5.41) is 7.87. The van der Waals surface area contributed by atoms with Crippen molar-refractivity contribution >= 4 is 11.3 Å². The van der Waals surface area contributed by atoms with E-state index in [9.17, 15) is 0 Å². The number of hydrogen-bond acceptors (Lipinski definition) is 3. The first kappa shape index (κ1) is 12.3. The standard InChI is InChI=1S/C14H18N2S/c1-11-3-4-14(8-15-11)9-16-12(2)7-13-5-6-17-10-13/h3-6,8,10,12,16H,7,9H2,1-2H3. The molecule has 1 unspecified atom stereocenters. The molecule has 0 bridgehead atoms. The van der Waals surface area contributed by atoms with Crippen LogP contribution in [0.3, 0.4) is 0 Å². The second-order valence-electron chi connectivity index (χ2n) is 4.43. The summed E-state index contributed by atoms with van der Waals surface area (Å²) < 4.78 is 0. The van der Waals surface area contributed by atoms with E-state index in [-0.39, 0.29) is 0 Å². The Hall–Kier alpha value is -1.19. The maximum Gasteiger partial charge on any atom is 0.0372 e. The molecule has 2 aromatic heterocycles. The molecule has 0 amide bonds. The number of aromatic nitrogens is 1. The lowest BCUT2D eigenvalue weighted by molar-refractivity contribution is 0.545. The summed E-state index contributed by atoms with van der Waals surface area (Å²) in [5.74, 6) is 0. The lowest BCUT2D eigenvalue weighted by atomic mass is 10.1. The summed E-state index contributed by atoms with van der Waals surface area (Å²) in [6.07, 6.45) is 3.03. The minimum Gasteiger partial charge on any atom is -0.310 e. The van der Waals surface area contributed by atoms with E-state index >= 15 is 0 Å². The van der Waals surface area contributed by atoms with E-state index in [4.69, 9.17) is 0 Å². The van der Waals surface area contributed by atoms with Crippen molar-refractivity contribution in [2.24, 2.45) is 0 Å². The molecule has 0 aliphatic carbocycles. The van der Waals surface area contributed by atoms with Gasteiger partial charge in [0.05, 0.1) is 0 Å². The van der Waals surface area contributed by atoms with Gasteiger partial charge in [-0.05, 0) is 54.3 Å². The van der Waals surface area contributed by atoms with E-state index in [0.29, 0.717) is 6.04 Å². The summed E-state index contributed by atoms with van der Waals surface area (Å²) in [6, 6.07) is 6.87. The fourth-order valence-electron chi connectivity index (χ4n) is 1.73. The van der Waals surface area contributed by atoms with Gasteiger partial charge < -0.3 is 5.32 Å². The zero-order chi connectivity index (χ0) is 12.1. The predicted molar refractivity (Wildman–Crippen MR) is 73.3 cm³/mol. The molecule has 0 fully saturated rings. The monoisotopic (exact) mass is 246 g/mol. The molecule has 0 spiro atoms. The van der Waals surface area contributed by atoms with Gasteiger partial charge in [-0.3, -0.25) is 4.98 Å². The molecule has 0 aliphatic heterocycles. The molecule has 3 heteroatoms. The van der Waals surface area contributed by atoms with Crippen LogP contribution in [0.5, 0.6) is 0 Å². The number of nitrogens with one attached hydrogen (secondary N) is 1. The van der Waals surface area contributed by atoms with Crippen molar-refractivity contribution in [1.29, 1.82) is 0 Å². The first-order valence-electron chi connectivity index (χ1n) is 5.90. The molecule has 0 radical (unpaired) electrons. The van der Waals surface area contributed by atoms with E-state index in [1.165, 1.54) is 11.1 Å². The molecular weight excluding hydrogens is 228 g/mol. The maximum atomic E-state index is 4.29. The zero-order valence-electron chi connectivity index (χ0n) is 10.3. The number of aryl methyl sites for hydroxylation is 1. The van der Waals surface area contributed by atoms with Crippen LogP contribution in [0.1, 0.15) is 23.7 Å². The van der Waals surface area contributed by atoms with E-state index in [2.05, 4.69) is 46.2 Å². The maximum absolute atomic E-state index is 4.29. The molecule has 17 heavy (non-hydrogen) atoms. The van der Waals surface area contributed by atoms with Crippen molar-refractivity contribution in [2.75, 3.05) is 0 Å². The number of rotatable bonds is 5. The van der Waals surface area contributed by atoms with Gasteiger partial charge in [-0.2, -0.15) is 11.3 Å². The third-order valence-electron chi connectivity index (χ3n) is 2.75. The van der Waals surface area contributed by atoms with Gasteiger partial charge >= 0.3 is 0 Å². The third kappa shape index (κ3) is 3.95. The van der Waals surface area contributed by atoms with Crippen molar-refractivity contribution in [3.63, 3.8) is 0 Å². The van der Waals surface area contributed by atoms with Gasteiger partial charge in [-0.25, -0.2) is 0 Å². The Morgan fingerprint density at radius 3 is 2.82 bits per heavy atom. The number of hydrogen-bond donors (Lipinski definition) is 1. The van der Waals surface area contributed by atoms with Crippen LogP contribution in [0.25, 0.3) is 0 Å². The van der Waals surface area contributed by atoms with Crippen molar-refractivity contribution in [2.45, 2.75) is 32.9 Å². The minimum absolute atomic E-state index is 0.492. The molecule has 0 aliphatic rings. The summed E-state index contributed by atoms with van der Waals surface area (Å²) in [5.41, 5.74) is 3.73. The van der Waals surface area contributed by atoms with Crippen LogP contribution in [0.4, 0.5) is 0 Å². The number of pyridine rings is 1. The first-order chi connectivity index (χ1) is 8.24. The first-order valence-corrected chi connectivity index (χ1v) is 6.84. The highest BCUT2D eigenvalue weighted by Gasteiger charge is 2.03. The highest BCUT2D eigenvalue weighted by molar-refractivity contribution is 7.07. The number of nitrogens with zero attached hydrogens (tertiary/aromatic N) is 1. The smallest absolute Gasteiger partial charge is 0.0372 e. The van der Waals surface area contributed by atoms with Crippen molar-refractivity contribution in [3.05, 3.63) is 52.0 Å². The van der Waals surface area contributed by atoms with Gasteiger partial charge in [-0.1, -0.05) is 6.07 Å². The minimum atomic E-state index is 0.492. The molecule has 1 N–H and O–H groups in total. The lowest BCUT2D eigenvalue weighted by Crippen LogP contribution is -2.27. The predicted octanol–water partition coefficient (Wildman–Crippen LogP) is 3.17. The van der Waals surface area contributed by atoms with E-state index in [1.807, 2.05) is 13.1 Å². The van der Waals surface area contributed by atoms with Crippen LogP contribution in [0, 0.1) is 6.92 Å². The normalized spacial score (nSPS) is 12.6. The highest BCUT2D eigenvalue weighted by atomic mass is 32.1. The van der Waals surface area contributed by atoms with Gasteiger partial charge in [0.1, 0.15) is 0 Å². The Labute approximate surface area is 107 Å². The molecule has 2 rings (SSSR count). The van der Waals surface area contributed by atoms with Gasteiger partial charge in [0, 0.05) is 24.5 Å². The molecule has 0 saturated carbocycles. The summed E-state index contributed by atoms with van der Waals surface area (Å²) in [6.45, 7) is 5.12. The van der Waals surface area contributed by atoms with Crippen LogP contribution in [0.2, 0.25) is 0 Å². The summed E-state index contributed by atoms with van der Waals surface area (Å²) in [7, 11) is 0. The molecule has 0 saturated heterocycles. The van der Waals surface area contributed by atoms with E-state index in [0.717, 1.165) is 18.7 Å². The topological polar surface area (TPSA) is 24.9 Å². The Bertz CT molecular complexity index is 434. The second kappa shape index (κ2) is 5.94. The van der Waals surface area contributed by atoms with Gasteiger partial charge in [0.2, 0.25) is 0 Å². The van der Waals surface area contributed by atoms with Crippen LogP contribution >= 0.6 is 11.3 Å². The molecule has 1 atom stereocenters. The van der Waals surface area contributed by atoms with Crippen LogP contribution in [0.15, 0.2) is 35.2 Å². The number of thiophene rings is 1. The molecule has 2 heterocycles. The Morgan fingerprint density at radius 1 is 1.29 bits per heavy atom. The Kier molecular flexibility index (Phi) is 4.29. The average molecular weight is 246 g/mol. The fourth-order valence-corrected chi connectivity index (χ4v) is 2.41. The molecule has 2 nitrogen and oxygen atoms in total. The van der Waals surface area contributed by atoms with E-state index < -0.39 is 0 Å². The highest BCUT2D eigenvalue weighted by Crippen LogP contribution is 2.09. The van der Waals surface area contributed by atoms with Crippen LogP contribution in [-0.2, 0) is 13.0 Å². The lowest BCUT2D eigenvalue weighted by Gasteiger charge is -2.12. The second-order valence-corrected chi connectivity index (χ2v) is 5.21. The fraction of sp³-hybridized carbons (Fsp3) is 0.357. The summed E-state index contributed by atoms with van der Waals surface area (Å²) in [4.78, 5) is 4.29. The zero-order valence-corrected chi connectivity index (χ0v) is 11.1. The van der Waals surface area contributed by atoms with Crippen LogP contribution in [-0.4, -0.2) is 11.0 Å². The molecule has 90 valence electrons. The van der Waals surface area contributed by atoms with Crippen LogP contribution < -0.4 is 5.32 Å². The largest absolute Gasteiger partial charge is 0.310 e. The van der Waals surface area contributed by atoms with Crippen molar-refractivity contribution in [3.8, 4) is 0 Å². The van der Waals surface area contributed by atoms with Gasteiger partial charge in [0.15, 0.2) is 0 Å². The quantitative estimate of drug-likeness (QED) is 0.876. The van der Waals surface area contributed by atoms with Crippen molar-refractivity contribution < 1.29 is 0 Å².